The van der Waals surface area contributed by atoms with Crippen LogP contribution in [0.4, 0.5) is 17.6 Å². The van der Waals surface area contributed by atoms with E-state index in [1.54, 1.807) is 0 Å². The van der Waals surface area contributed by atoms with Crippen LogP contribution in [-0.2, 0) is 27.0 Å². The fourth-order valence-corrected chi connectivity index (χ4v) is 3.72. The van der Waals surface area contributed by atoms with Crippen LogP contribution in [-0.4, -0.2) is 55.8 Å². The topological polar surface area (TPSA) is 112 Å². The molecule has 32 heavy (non-hydrogen) atoms. The van der Waals surface area contributed by atoms with E-state index in [0.29, 0.717) is 0 Å². The molecule has 1 aromatic carbocycles. The fourth-order valence-electron chi connectivity index (χ4n) is 3.09. The first kappa shape index (κ1) is 23.9. The highest BCUT2D eigenvalue weighted by Gasteiger charge is 2.38. The summed E-state index contributed by atoms with van der Waals surface area (Å²) in [6.07, 6.45) is -6.94. The first-order valence-corrected chi connectivity index (χ1v) is 11.0. The quantitative estimate of drug-likeness (QED) is 0.503. The van der Waals surface area contributed by atoms with Gasteiger partial charge in [0.15, 0.2) is 0 Å². The maximum Gasteiger partial charge on any atom is 0.433 e. The number of benzene rings is 1. The van der Waals surface area contributed by atoms with Gasteiger partial charge < -0.3 is 15.4 Å². The van der Waals surface area contributed by atoms with E-state index >= 15 is 0 Å². The Balaban J connectivity index is 1.78. The number of amides is 1. The lowest BCUT2D eigenvalue weighted by atomic mass is 10.2. The molecule has 174 valence electrons. The number of rotatable bonds is 6. The van der Waals surface area contributed by atoms with Crippen molar-refractivity contribution in [2.24, 2.45) is 5.73 Å². The minimum absolute atomic E-state index is 0.0191. The molecule has 13 heteroatoms. The van der Waals surface area contributed by atoms with Gasteiger partial charge in [-0.15, -0.1) is 0 Å². The molecular formula is C19H19F4N3O5S. The van der Waals surface area contributed by atoms with Crippen molar-refractivity contribution in [3.05, 3.63) is 53.2 Å². The molecule has 1 amide bonds. The Labute approximate surface area is 181 Å². The number of halogens is 4. The number of aromatic nitrogens is 1. The van der Waals surface area contributed by atoms with Crippen LogP contribution in [0.5, 0.6) is 11.6 Å². The van der Waals surface area contributed by atoms with Gasteiger partial charge in [-0.1, -0.05) is 6.07 Å². The third-order valence-electron chi connectivity index (χ3n) is 4.48. The van der Waals surface area contributed by atoms with Crippen molar-refractivity contribution < 1.29 is 39.7 Å². The number of hydrogen-bond donors (Lipinski definition) is 1. The molecule has 0 aliphatic carbocycles. The lowest BCUT2D eigenvalue weighted by Gasteiger charge is -2.16. The standard InChI is InChI=1S/C19H19F4N3O5S/c1-32(28,29)31-15-10-26(9-14(15)20)18(27)12-3-2-4-13(7-12)30-17-6-11(8-24)5-16(25-17)19(21,22)23/h2-7,14-15H,8-10,24H2,1H3. The van der Waals surface area contributed by atoms with Gasteiger partial charge in [-0.25, -0.2) is 9.37 Å². The van der Waals surface area contributed by atoms with Crippen LogP contribution in [0.1, 0.15) is 21.6 Å². The Hall–Kier alpha value is -2.77. The van der Waals surface area contributed by atoms with Gasteiger partial charge >= 0.3 is 6.18 Å². The Morgan fingerprint density at radius 1 is 1.25 bits per heavy atom. The molecule has 0 bridgehead atoms. The molecule has 1 fully saturated rings. The number of carbonyl (C=O) groups excluding carboxylic acids is 1. The average molecular weight is 477 g/mol. The van der Waals surface area contributed by atoms with Crippen molar-refractivity contribution in [1.82, 2.24) is 9.88 Å². The summed E-state index contributed by atoms with van der Waals surface area (Å²) >= 11 is 0. The molecule has 0 radical (unpaired) electrons. The van der Waals surface area contributed by atoms with Gasteiger partial charge in [0.05, 0.1) is 19.3 Å². The summed E-state index contributed by atoms with van der Waals surface area (Å²) < 4.78 is 85.8. The monoisotopic (exact) mass is 477 g/mol. The number of pyridine rings is 1. The number of nitrogens with two attached hydrogens (primary N) is 1. The highest BCUT2D eigenvalue weighted by atomic mass is 32.2. The lowest BCUT2D eigenvalue weighted by Crippen LogP contribution is -2.30. The Bertz CT molecular complexity index is 1110. The summed E-state index contributed by atoms with van der Waals surface area (Å²) in [6.45, 7) is -0.830. The Morgan fingerprint density at radius 2 is 1.97 bits per heavy atom. The summed E-state index contributed by atoms with van der Waals surface area (Å²) in [5.74, 6) is -0.973. The zero-order valence-electron chi connectivity index (χ0n) is 16.7. The maximum atomic E-state index is 14.1. The van der Waals surface area contributed by atoms with E-state index in [1.807, 2.05) is 0 Å². The molecule has 2 N–H and O–H groups in total. The summed E-state index contributed by atoms with van der Waals surface area (Å²) in [4.78, 5) is 17.2. The smallest absolute Gasteiger partial charge is 0.433 e. The van der Waals surface area contributed by atoms with Crippen molar-refractivity contribution in [1.29, 1.82) is 0 Å². The molecule has 8 nitrogen and oxygen atoms in total. The second kappa shape index (κ2) is 9.00. The molecule has 2 atom stereocenters. The van der Waals surface area contributed by atoms with Gasteiger partial charge in [0, 0.05) is 18.2 Å². The summed E-state index contributed by atoms with van der Waals surface area (Å²) in [6, 6.07) is 7.53. The minimum Gasteiger partial charge on any atom is -0.439 e. The van der Waals surface area contributed by atoms with Crippen molar-refractivity contribution in [2.45, 2.75) is 25.0 Å². The third-order valence-corrected chi connectivity index (χ3v) is 5.07. The second-order valence-corrected chi connectivity index (χ2v) is 8.70. The molecule has 1 saturated heterocycles. The van der Waals surface area contributed by atoms with Crippen molar-refractivity contribution in [3.8, 4) is 11.6 Å². The summed E-state index contributed by atoms with van der Waals surface area (Å²) in [5, 5.41) is 0. The van der Waals surface area contributed by atoms with Crippen molar-refractivity contribution in [3.63, 3.8) is 0 Å². The van der Waals surface area contributed by atoms with Gasteiger partial charge in [-0.3, -0.25) is 8.98 Å². The van der Waals surface area contributed by atoms with Crippen LogP contribution < -0.4 is 10.5 Å². The Morgan fingerprint density at radius 3 is 2.59 bits per heavy atom. The zero-order valence-corrected chi connectivity index (χ0v) is 17.5. The van der Waals surface area contributed by atoms with Crippen molar-refractivity contribution >= 4 is 16.0 Å². The molecule has 1 aliphatic heterocycles. The molecule has 2 aromatic rings. The van der Waals surface area contributed by atoms with Crippen LogP contribution in [0.2, 0.25) is 0 Å². The van der Waals surface area contributed by atoms with Crippen LogP contribution >= 0.6 is 0 Å². The predicted molar refractivity (Wildman–Crippen MR) is 104 cm³/mol. The molecule has 0 saturated carbocycles. The largest absolute Gasteiger partial charge is 0.439 e. The van der Waals surface area contributed by atoms with Gasteiger partial charge in [-0.2, -0.15) is 21.6 Å². The number of alkyl halides is 4. The van der Waals surface area contributed by atoms with Crippen LogP contribution in [0.15, 0.2) is 36.4 Å². The van der Waals surface area contributed by atoms with Crippen LogP contribution in [0, 0.1) is 0 Å². The van der Waals surface area contributed by atoms with E-state index in [1.165, 1.54) is 30.3 Å². The van der Waals surface area contributed by atoms with Crippen LogP contribution in [0.25, 0.3) is 0 Å². The molecule has 2 heterocycles. The molecule has 0 spiro atoms. The number of ether oxygens (including phenoxy) is 1. The summed E-state index contributed by atoms with van der Waals surface area (Å²) in [7, 11) is -3.91. The fraction of sp³-hybridized carbons (Fsp3) is 0.368. The van der Waals surface area contributed by atoms with E-state index < -0.39 is 40.2 Å². The zero-order chi connectivity index (χ0) is 23.7. The third kappa shape index (κ3) is 5.93. The molecular weight excluding hydrogens is 458 g/mol. The SMILES string of the molecule is CS(=O)(=O)OC1CN(C(=O)c2cccc(Oc3cc(CN)cc(C(F)(F)F)n3)c2)CC1F. The van der Waals surface area contributed by atoms with Crippen molar-refractivity contribution in [2.75, 3.05) is 19.3 Å². The maximum absolute atomic E-state index is 14.1. The molecule has 1 aliphatic rings. The van der Waals surface area contributed by atoms with Gasteiger partial charge in [0.2, 0.25) is 5.88 Å². The average Bonchev–Trinajstić information content (AvgIpc) is 3.05. The first-order chi connectivity index (χ1) is 14.9. The summed E-state index contributed by atoms with van der Waals surface area (Å²) in [5.41, 5.74) is 4.47. The second-order valence-electron chi connectivity index (χ2n) is 7.10. The van der Waals surface area contributed by atoms with E-state index in [4.69, 9.17) is 10.5 Å². The normalized spacial score (nSPS) is 19.2. The number of carbonyl (C=O) groups is 1. The minimum atomic E-state index is -4.70. The molecule has 1 aromatic heterocycles. The first-order valence-electron chi connectivity index (χ1n) is 9.23. The van der Waals surface area contributed by atoms with Gasteiger partial charge in [-0.05, 0) is 29.8 Å². The molecule has 2 unspecified atom stereocenters. The van der Waals surface area contributed by atoms with Gasteiger partial charge in [0.25, 0.3) is 16.0 Å². The predicted octanol–water partition coefficient (Wildman–Crippen LogP) is 2.49. The van der Waals surface area contributed by atoms with Gasteiger partial charge in [0.1, 0.15) is 23.7 Å². The highest BCUT2D eigenvalue weighted by Crippen LogP contribution is 2.31. The number of likely N-dealkylation sites (tertiary alicyclic amines) is 1. The van der Waals surface area contributed by atoms with E-state index in [2.05, 4.69) is 9.17 Å². The van der Waals surface area contributed by atoms with E-state index in [9.17, 15) is 30.8 Å². The Kier molecular flexibility index (Phi) is 6.72. The van der Waals surface area contributed by atoms with Crippen LogP contribution in [0.3, 0.4) is 0 Å². The highest BCUT2D eigenvalue weighted by molar-refractivity contribution is 7.86. The lowest BCUT2D eigenvalue weighted by molar-refractivity contribution is -0.141. The number of hydrogen-bond acceptors (Lipinski definition) is 7. The van der Waals surface area contributed by atoms with E-state index in [0.717, 1.165) is 17.2 Å². The molecule has 3 rings (SSSR count). The van der Waals surface area contributed by atoms with E-state index in [-0.39, 0.29) is 42.4 Å². The number of nitrogens with zero attached hydrogens (tertiary/aromatic N) is 2.